The Hall–Kier alpha value is -5.77. The van der Waals surface area contributed by atoms with E-state index in [1.54, 1.807) is 60.7 Å². The van der Waals surface area contributed by atoms with Crippen molar-refractivity contribution in [3.63, 3.8) is 0 Å². The highest BCUT2D eigenvalue weighted by Crippen LogP contribution is 2.53. The van der Waals surface area contributed by atoms with Crippen molar-refractivity contribution in [1.29, 1.82) is 0 Å². The van der Waals surface area contributed by atoms with Gasteiger partial charge in [0.2, 0.25) is 0 Å². The fourth-order valence-corrected chi connectivity index (χ4v) is 10.3. The maximum absolute atomic E-state index is 10.5. The van der Waals surface area contributed by atoms with Crippen molar-refractivity contribution >= 4 is 54.6 Å². The Morgan fingerprint density at radius 1 is 0.475 bits per heavy atom. The standard InChI is InChI=1S/C46H38O10S3/c47-21-31(53)23-55-33-11-15-39(37(19-33)43-35-13-9-29(51)17-41(35)58-45(43)25-1-5-27(49)6-2-25)57-40-16-12-34(56-24-32(54)22-48)20-38(40)44-36-14-10-30(52)18-42(36)59-46(44)26-3-7-28(50)8-4-26/h1-20,31-32,47-54H,21-24H2. The molecule has 8 rings (SSSR count). The van der Waals surface area contributed by atoms with Gasteiger partial charge in [0.15, 0.2) is 0 Å². The van der Waals surface area contributed by atoms with E-state index in [9.17, 15) is 40.9 Å². The highest BCUT2D eigenvalue weighted by molar-refractivity contribution is 7.99. The number of phenolic OH excluding ortho intramolecular Hbond substituents is 4. The SMILES string of the molecule is OCC(O)COc1ccc(Sc2ccc(OCC(O)CO)cc2-c2c(-c3ccc(O)cc3)sc3cc(O)ccc23)c(-c2c(-c3ccc(O)cc3)sc3cc(O)ccc23)c1. The van der Waals surface area contributed by atoms with Gasteiger partial charge < -0.3 is 50.3 Å². The van der Waals surface area contributed by atoms with Crippen LogP contribution in [0.1, 0.15) is 0 Å². The highest BCUT2D eigenvalue weighted by Gasteiger charge is 2.24. The van der Waals surface area contributed by atoms with Crippen LogP contribution in [0.3, 0.4) is 0 Å². The van der Waals surface area contributed by atoms with E-state index in [4.69, 9.17) is 9.47 Å². The van der Waals surface area contributed by atoms with E-state index in [1.807, 2.05) is 60.7 Å². The molecule has 0 bridgehead atoms. The van der Waals surface area contributed by atoms with Gasteiger partial charge in [-0.2, -0.15) is 0 Å². The van der Waals surface area contributed by atoms with E-state index in [0.717, 1.165) is 73.1 Å². The molecule has 300 valence electrons. The summed E-state index contributed by atoms with van der Waals surface area (Å²) in [6, 6.07) is 35.5. The zero-order chi connectivity index (χ0) is 41.2. The van der Waals surface area contributed by atoms with Crippen LogP contribution in [0.15, 0.2) is 131 Å². The van der Waals surface area contributed by atoms with E-state index in [-0.39, 0.29) is 36.2 Å². The molecule has 2 unspecified atom stereocenters. The van der Waals surface area contributed by atoms with Gasteiger partial charge in [0, 0.05) is 62.0 Å². The Labute approximate surface area is 350 Å². The Balaban J connectivity index is 1.35. The molecule has 8 N–H and O–H groups in total. The molecule has 0 aliphatic carbocycles. The summed E-state index contributed by atoms with van der Waals surface area (Å²) in [5.41, 5.74) is 4.95. The first kappa shape index (κ1) is 40.0. The van der Waals surface area contributed by atoms with E-state index >= 15 is 0 Å². The quantitative estimate of drug-likeness (QED) is 0.0523. The average molecular weight is 847 g/mol. The van der Waals surface area contributed by atoms with Gasteiger partial charge >= 0.3 is 0 Å². The fourth-order valence-electron chi connectivity index (χ4n) is 6.71. The van der Waals surface area contributed by atoms with Gasteiger partial charge in [-0.05, 0) is 132 Å². The number of hydrogen-bond donors (Lipinski definition) is 8. The second-order valence-corrected chi connectivity index (χ2v) is 17.0. The van der Waals surface area contributed by atoms with E-state index < -0.39 is 25.4 Å². The molecule has 59 heavy (non-hydrogen) atoms. The minimum absolute atomic E-state index is 0.117. The number of benzene rings is 6. The van der Waals surface area contributed by atoms with Crippen LogP contribution >= 0.6 is 34.4 Å². The van der Waals surface area contributed by atoms with Crippen LogP contribution < -0.4 is 9.47 Å². The molecule has 2 aromatic heterocycles. The van der Waals surface area contributed by atoms with Gasteiger partial charge in [0.25, 0.3) is 0 Å². The van der Waals surface area contributed by atoms with Crippen LogP contribution in [0.25, 0.3) is 63.3 Å². The monoisotopic (exact) mass is 846 g/mol. The summed E-state index contributed by atoms with van der Waals surface area (Å²) in [7, 11) is 0. The number of aromatic hydroxyl groups is 4. The van der Waals surface area contributed by atoms with Crippen molar-refractivity contribution in [3.05, 3.63) is 121 Å². The number of fused-ring (bicyclic) bond motifs is 2. The molecular weight excluding hydrogens is 809 g/mol. The second-order valence-electron chi connectivity index (χ2n) is 13.8. The molecule has 6 aromatic carbocycles. The van der Waals surface area contributed by atoms with Crippen LogP contribution in [0, 0.1) is 0 Å². The first-order valence-electron chi connectivity index (χ1n) is 18.5. The first-order valence-corrected chi connectivity index (χ1v) is 20.9. The predicted molar refractivity (Wildman–Crippen MR) is 233 cm³/mol. The topological polar surface area (TPSA) is 180 Å². The molecule has 0 aliphatic rings. The van der Waals surface area contributed by atoms with Gasteiger partial charge in [0.1, 0.15) is 59.9 Å². The summed E-state index contributed by atoms with van der Waals surface area (Å²) in [5.74, 6) is 1.39. The van der Waals surface area contributed by atoms with Crippen molar-refractivity contribution in [3.8, 4) is 77.6 Å². The Kier molecular flexibility index (Phi) is 11.7. The number of thiophene rings is 2. The predicted octanol–water partition coefficient (Wildman–Crippen LogP) is 9.22. The molecule has 0 fully saturated rings. The van der Waals surface area contributed by atoms with Crippen LogP contribution in [-0.2, 0) is 0 Å². The molecule has 0 saturated heterocycles. The van der Waals surface area contributed by atoms with Crippen molar-refractivity contribution in [2.75, 3.05) is 26.4 Å². The number of rotatable bonds is 14. The molecule has 0 amide bonds. The van der Waals surface area contributed by atoms with Gasteiger partial charge in [0.05, 0.1) is 13.2 Å². The Morgan fingerprint density at radius 3 is 1.25 bits per heavy atom. The largest absolute Gasteiger partial charge is 0.508 e. The van der Waals surface area contributed by atoms with Gasteiger partial charge in [-0.15, -0.1) is 22.7 Å². The lowest BCUT2D eigenvalue weighted by Gasteiger charge is -2.18. The summed E-state index contributed by atoms with van der Waals surface area (Å²) in [6.07, 6.45) is -2.17. The molecule has 8 aromatic rings. The fraction of sp³-hybridized carbons (Fsp3) is 0.130. The van der Waals surface area contributed by atoms with Crippen molar-refractivity contribution < 1.29 is 50.3 Å². The third-order valence-electron chi connectivity index (χ3n) is 9.57. The van der Waals surface area contributed by atoms with E-state index in [0.29, 0.717) is 11.5 Å². The van der Waals surface area contributed by atoms with E-state index in [1.165, 1.54) is 34.4 Å². The molecule has 0 aliphatic heterocycles. The van der Waals surface area contributed by atoms with Crippen LogP contribution in [0.4, 0.5) is 0 Å². The molecule has 0 saturated carbocycles. The summed E-state index contributed by atoms with van der Waals surface area (Å²) in [6.45, 7) is -1.20. The number of aliphatic hydroxyl groups is 4. The summed E-state index contributed by atoms with van der Waals surface area (Å²) in [5, 5.41) is 82.5. The van der Waals surface area contributed by atoms with Crippen LogP contribution in [-0.4, -0.2) is 79.5 Å². The molecular formula is C46H38O10S3. The van der Waals surface area contributed by atoms with Crippen molar-refractivity contribution in [2.45, 2.75) is 22.0 Å². The third kappa shape index (κ3) is 8.54. The lowest BCUT2D eigenvalue weighted by molar-refractivity contribution is 0.0536. The van der Waals surface area contributed by atoms with E-state index in [2.05, 4.69) is 0 Å². The zero-order valence-corrected chi connectivity index (χ0v) is 33.6. The Morgan fingerprint density at radius 2 is 0.864 bits per heavy atom. The normalized spacial score (nSPS) is 12.5. The summed E-state index contributed by atoms with van der Waals surface area (Å²) < 4.78 is 13.7. The van der Waals surface area contributed by atoms with Crippen LogP contribution in [0.5, 0.6) is 34.5 Å². The number of aliphatic hydroxyl groups excluding tert-OH is 4. The van der Waals surface area contributed by atoms with Crippen LogP contribution in [0.2, 0.25) is 0 Å². The summed E-state index contributed by atoms with van der Waals surface area (Å²) in [4.78, 5) is 3.40. The van der Waals surface area contributed by atoms with Gasteiger partial charge in [-0.1, -0.05) is 11.8 Å². The maximum atomic E-state index is 10.5. The second kappa shape index (κ2) is 17.2. The zero-order valence-electron chi connectivity index (χ0n) is 31.1. The van der Waals surface area contributed by atoms with Gasteiger partial charge in [-0.25, -0.2) is 0 Å². The molecule has 13 heteroatoms. The average Bonchev–Trinajstić information content (AvgIpc) is 3.81. The van der Waals surface area contributed by atoms with Crippen molar-refractivity contribution in [1.82, 2.24) is 0 Å². The maximum Gasteiger partial charge on any atom is 0.120 e. The van der Waals surface area contributed by atoms with Gasteiger partial charge in [-0.3, -0.25) is 0 Å². The molecule has 0 radical (unpaired) electrons. The molecule has 2 atom stereocenters. The minimum atomic E-state index is -1.09. The lowest BCUT2D eigenvalue weighted by atomic mass is 9.98. The molecule has 0 spiro atoms. The molecule has 10 nitrogen and oxygen atoms in total. The molecule has 2 heterocycles. The number of phenols is 4. The lowest BCUT2D eigenvalue weighted by Crippen LogP contribution is -2.21. The van der Waals surface area contributed by atoms with Crippen molar-refractivity contribution in [2.24, 2.45) is 0 Å². The minimum Gasteiger partial charge on any atom is -0.508 e. The highest BCUT2D eigenvalue weighted by atomic mass is 32.2. The third-order valence-corrected chi connectivity index (χ3v) is 13.1. The Bertz CT molecular complexity index is 2570. The number of ether oxygens (including phenoxy) is 2. The summed E-state index contributed by atoms with van der Waals surface area (Å²) >= 11 is 4.48. The smallest absolute Gasteiger partial charge is 0.120 e. The number of hydrogen-bond acceptors (Lipinski definition) is 13. The first-order chi connectivity index (χ1) is 28.6.